The summed E-state index contributed by atoms with van der Waals surface area (Å²) >= 11 is 10.0. The number of rotatable bonds is 4. The quantitative estimate of drug-likeness (QED) is 0.464. The molecule has 1 atom stereocenters. The monoisotopic (exact) mass is 537 g/mol. The third-order valence-electron chi connectivity index (χ3n) is 6.77. The van der Waals surface area contributed by atoms with Crippen LogP contribution in [0.2, 0.25) is 5.02 Å². The number of amides is 1. The van der Waals surface area contributed by atoms with Crippen molar-refractivity contribution in [1.29, 1.82) is 0 Å². The molecule has 2 heterocycles. The van der Waals surface area contributed by atoms with Crippen LogP contribution >= 0.6 is 27.5 Å². The van der Waals surface area contributed by atoms with Crippen LogP contribution in [-0.4, -0.2) is 37.9 Å². The number of nitrogens with one attached hydrogen (secondary N) is 1. The van der Waals surface area contributed by atoms with Gasteiger partial charge in [0.2, 0.25) is 5.91 Å². The van der Waals surface area contributed by atoms with Gasteiger partial charge in [0.15, 0.2) is 5.78 Å². The lowest BCUT2D eigenvalue weighted by molar-refractivity contribution is -0.122. The van der Waals surface area contributed by atoms with Crippen molar-refractivity contribution in [2.24, 2.45) is 0 Å². The van der Waals surface area contributed by atoms with Crippen molar-refractivity contribution in [3.8, 4) is 0 Å². The lowest BCUT2D eigenvalue weighted by Gasteiger charge is -2.42. The highest BCUT2D eigenvalue weighted by atomic mass is 79.9. The molecule has 1 N–H and O–H groups in total. The molecule has 0 saturated carbocycles. The molecular weight excluding hydrogens is 514 g/mol. The molecule has 1 unspecified atom stereocenters. The average molecular weight is 539 g/mol. The van der Waals surface area contributed by atoms with Crippen LogP contribution in [-0.2, 0) is 16.8 Å². The van der Waals surface area contributed by atoms with Crippen LogP contribution in [0.3, 0.4) is 0 Å². The number of anilines is 2. The van der Waals surface area contributed by atoms with E-state index in [9.17, 15) is 9.59 Å². The smallest absolute Gasteiger partial charge is 0.245 e. The Bertz CT molecular complexity index is 1240. The Morgan fingerprint density at radius 3 is 2.29 bits per heavy atom. The molecule has 1 amide bonds. The Morgan fingerprint density at radius 2 is 1.62 bits per heavy atom. The van der Waals surface area contributed by atoms with Crippen molar-refractivity contribution in [2.45, 2.75) is 18.9 Å². The molecular formula is C27H25BrClN3O2. The van der Waals surface area contributed by atoms with Gasteiger partial charge in [-0.25, -0.2) is 0 Å². The van der Waals surface area contributed by atoms with E-state index < -0.39 is 5.41 Å². The summed E-state index contributed by atoms with van der Waals surface area (Å²) in [5.41, 5.74) is 2.25. The molecule has 174 valence electrons. The van der Waals surface area contributed by atoms with Crippen molar-refractivity contribution in [3.05, 3.63) is 92.9 Å². The van der Waals surface area contributed by atoms with E-state index in [1.165, 1.54) is 0 Å². The topological polar surface area (TPSA) is 52.7 Å². The largest absolute Gasteiger partial charge is 0.368 e. The summed E-state index contributed by atoms with van der Waals surface area (Å²) in [6, 6.07) is 20.9. The van der Waals surface area contributed by atoms with Crippen LogP contribution < -0.4 is 15.1 Å². The van der Waals surface area contributed by atoms with E-state index >= 15 is 0 Å². The highest BCUT2D eigenvalue weighted by Crippen LogP contribution is 2.46. The molecule has 3 aromatic carbocycles. The second kappa shape index (κ2) is 9.17. The van der Waals surface area contributed by atoms with E-state index in [4.69, 9.17) is 11.6 Å². The number of benzene rings is 3. The summed E-state index contributed by atoms with van der Waals surface area (Å²) in [4.78, 5) is 32.3. The van der Waals surface area contributed by atoms with Gasteiger partial charge in [-0.05, 0) is 42.3 Å². The first-order valence-corrected chi connectivity index (χ1v) is 12.5. The number of piperazine rings is 1. The Labute approximate surface area is 212 Å². The van der Waals surface area contributed by atoms with Crippen LogP contribution in [0.15, 0.2) is 71.2 Å². The van der Waals surface area contributed by atoms with Gasteiger partial charge in [-0.15, -0.1) is 0 Å². The van der Waals surface area contributed by atoms with E-state index in [2.05, 4.69) is 26.1 Å². The number of halogens is 2. The zero-order valence-corrected chi connectivity index (χ0v) is 21.2. The maximum atomic E-state index is 14.3. The predicted octanol–water partition coefficient (Wildman–Crippen LogP) is 5.20. The van der Waals surface area contributed by atoms with E-state index in [0.717, 1.165) is 41.9 Å². The molecule has 3 aromatic rings. The van der Waals surface area contributed by atoms with Gasteiger partial charge in [-0.2, -0.15) is 0 Å². The van der Waals surface area contributed by atoms with Crippen molar-refractivity contribution < 1.29 is 9.59 Å². The van der Waals surface area contributed by atoms with Crippen LogP contribution in [0, 0.1) is 0 Å². The van der Waals surface area contributed by atoms with Crippen molar-refractivity contribution in [2.75, 3.05) is 36.0 Å². The fourth-order valence-corrected chi connectivity index (χ4v) is 5.34. The van der Waals surface area contributed by atoms with Gasteiger partial charge in [0.25, 0.3) is 0 Å². The number of Topliss-reactive ketones (excluding diaryl/α,β-unsaturated/α-hetero) is 1. The van der Waals surface area contributed by atoms with Crippen LogP contribution in [0.5, 0.6) is 0 Å². The number of nitrogens with zero attached hydrogens (tertiary/aromatic N) is 2. The van der Waals surface area contributed by atoms with E-state index in [1.54, 1.807) is 17.9 Å². The Morgan fingerprint density at radius 1 is 0.971 bits per heavy atom. The SMILES string of the molecule is CC1(c2ccc(Br)cc2)C(=O)c2c(N3CCNCC3)cc(Cl)cc2N(Cc2ccccc2)C1=O. The summed E-state index contributed by atoms with van der Waals surface area (Å²) < 4.78 is 0.894. The molecule has 0 radical (unpaired) electrons. The lowest BCUT2D eigenvalue weighted by Crippen LogP contribution is -2.55. The molecule has 34 heavy (non-hydrogen) atoms. The average Bonchev–Trinajstić information content (AvgIpc) is 2.86. The summed E-state index contributed by atoms with van der Waals surface area (Å²) in [5, 5.41) is 3.87. The Kier molecular flexibility index (Phi) is 6.23. The highest BCUT2D eigenvalue weighted by molar-refractivity contribution is 9.10. The van der Waals surface area contributed by atoms with Gasteiger partial charge >= 0.3 is 0 Å². The third-order valence-corrected chi connectivity index (χ3v) is 7.52. The number of carbonyl (C=O) groups excluding carboxylic acids is 2. The van der Waals surface area contributed by atoms with Gasteiger partial charge < -0.3 is 15.1 Å². The van der Waals surface area contributed by atoms with Crippen LogP contribution in [0.1, 0.15) is 28.4 Å². The number of hydrogen-bond acceptors (Lipinski definition) is 4. The number of carbonyl (C=O) groups is 2. The molecule has 7 heteroatoms. The first-order chi connectivity index (χ1) is 16.4. The van der Waals surface area contributed by atoms with Crippen LogP contribution in [0.25, 0.3) is 0 Å². The van der Waals surface area contributed by atoms with Gasteiger partial charge in [-0.3, -0.25) is 9.59 Å². The van der Waals surface area contributed by atoms with Gasteiger partial charge in [0, 0.05) is 35.7 Å². The second-order valence-electron chi connectivity index (χ2n) is 8.89. The molecule has 2 aliphatic heterocycles. The lowest BCUT2D eigenvalue weighted by atomic mass is 9.71. The molecule has 0 aromatic heterocycles. The summed E-state index contributed by atoms with van der Waals surface area (Å²) in [6.45, 7) is 5.28. The maximum Gasteiger partial charge on any atom is 0.245 e. The molecule has 1 fully saturated rings. The van der Waals surface area contributed by atoms with E-state index in [0.29, 0.717) is 28.4 Å². The minimum Gasteiger partial charge on any atom is -0.368 e. The zero-order valence-electron chi connectivity index (χ0n) is 18.9. The molecule has 5 rings (SSSR count). The Balaban J connectivity index is 1.72. The van der Waals surface area contributed by atoms with Crippen molar-refractivity contribution in [1.82, 2.24) is 5.32 Å². The first kappa shape index (κ1) is 23.1. The van der Waals surface area contributed by atoms with Crippen molar-refractivity contribution >= 4 is 50.6 Å². The fourth-order valence-electron chi connectivity index (χ4n) is 4.87. The first-order valence-electron chi connectivity index (χ1n) is 11.4. The molecule has 1 saturated heterocycles. The number of fused-ring (bicyclic) bond motifs is 1. The van der Waals surface area contributed by atoms with Gasteiger partial charge in [0.1, 0.15) is 5.41 Å². The van der Waals surface area contributed by atoms with Gasteiger partial charge in [-0.1, -0.05) is 70.0 Å². The molecule has 0 bridgehead atoms. The molecule has 0 spiro atoms. The normalized spacial score (nSPS) is 20.4. The molecule has 5 nitrogen and oxygen atoms in total. The van der Waals surface area contributed by atoms with E-state index in [-0.39, 0.29) is 11.7 Å². The fraction of sp³-hybridized carbons (Fsp3) is 0.259. The zero-order chi connectivity index (χ0) is 23.9. The highest BCUT2D eigenvalue weighted by Gasteiger charge is 2.52. The second-order valence-corrected chi connectivity index (χ2v) is 10.2. The standard InChI is InChI=1S/C27H25BrClN3O2/c1-27(19-7-9-20(28)10-8-19)25(33)24-22(31-13-11-30-12-14-31)15-21(29)16-23(24)32(26(27)34)17-18-5-3-2-4-6-18/h2-10,15-16,30H,11-14,17H2,1H3. The summed E-state index contributed by atoms with van der Waals surface area (Å²) in [6.07, 6.45) is 0. The van der Waals surface area contributed by atoms with Gasteiger partial charge in [0.05, 0.1) is 23.5 Å². The minimum atomic E-state index is -1.35. The Hall–Kier alpha value is -2.67. The van der Waals surface area contributed by atoms with E-state index in [1.807, 2.05) is 60.7 Å². The minimum absolute atomic E-state index is 0.190. The number of hydrogen-bond donors (Lipinski definition) is 1. The summed E-state index contributed by atoms with van der Waals surface area (Å²) in [5.74, 6) is -0.436. The third kappa shape index (κ3) is 3.94. The maximum absolute atomic E-state index is 14.3. The van der Waals surface area contributed by atoms with Crippen molar-refractivity contribution in [3.63, 3.8) is 0 Å². The molecule has 0 aliphatic carbocycles. The van der Waals surface area contributed by atoms with Crippen LogP contribution in [0.4, 0.5) is 11.4 Å². The number of ketones is 1. The summed E-state index contributed by atoms with van der Waals surface area (Å²) in [7, 11) is 0. The molecule has 2 aliphatic rings. The predicted molar refractivity (Wildman–Crippen MR) is 140 cm³/mol.